The Labute approximate surface area is 118 Å². The maximum Gasteiger partial charge on any atom is 0.323 e. The first kappa shape index (κ1) is 13.0. The van der Waals surface area contributed by atoms with Crippen LogP contribution in [0.2, 0.25) is 0 Å². The van der Waals surface area contributed by atoms with E-state index in [1.54, 1.807) is 0 Å². The Morgan fingerprint density at radius 2 is 1.95 bits per heavy atom. The molecule has 0 amide bonds. The molecule has 1 N–H and O–H groups in total. The molecule has 1 aliphatic rings. The zero-order chi connectivity index (χ0) is 14.5. The summed E-state index contributed by atoms with van der Waals surface area (Å²) in [7, 11) is 0. The summed E-state index contributed by atoms with van der Waals surface area (Å²) in [6.07, 6.45) is 0. The lowest BCUT2D eigenvalue weighted by Gasteiger charge is -2.30. The van der Waals surface area contributed by atoms with Crippen LogP contribution in [0, 0.1) is 0 Å². The van der Waals surface area contributed by atoms with Crippen molar-refractivity contribution >= 4 is 22.4 Å². The zero-order valence-electron chi connectivity index (χ0n) is 12.1. The predicted octanol–water partition coefficient (Wildman–Crippen LogP) is 3.41. The first-order chi connectivity index (χ1) is 9.43. The van der Waals surface area contributed by atoms with Crippen molar-refractivity contribution in [2.75, 3.05) is 11.4 Å². The van der Waals surface area contributed by atoms with Crippen LogP contribution >= 0.6 is 0 Å². The number of benzene rings is 2. The second-order valence-electron chi connectivity index (χ2n) is 6.10. The summed E-state index contributed by atoms with van der Waals surface area (Å²) in [5.74, 6) is -0.784. The topological polar surface area (TPSA) is 40.5 Å². The molecule has 1 aliphatic heterocycles. The van der Waals surface area contributed by atoms with Gasteiger partial charge in [-0.3, -0.25) is 4.79 Å². The monoisotopic (exact) mass is 269 g/mol. The highest BCUT2D eigenvalue weighted by atomic mass is 16.4. The average Bonchev–Trinajstić information content (AvgIpc) is 2.60. The van der Waals surface area contributed by atoms with Crippen LogP contribution in [-0.2, 0) is 10.2 Å². The van der Waals surface area contributed by atoms with Crippen LogP contribution in [0.4, 0.5) is 5.69 Å². The lowest BCUT2D eigenvalue weighted by atomic mass is 9.79. The largest absolute Gasteiger partial charge is 0.480 e. The summed E-state index contributed by atoms with van der Waals surface area (Å²) in [4.78, 5) is 13.1. The van der Waals surface area contributed by atoms with Gasteiger partial charge in [0.15, 0.2) is 0 Å². The molecule has 104 valence electrons. The normalized spacial score (nSPS) is 20.1. The van der Waals surface area contributed by atoms with Gasteiger partial charge in [0.2, 0.25) is 0 Å². The molecule has 1 unspecified atom stereocenters. The van der Waals surface area contributed by atoms with Crippen LogP contribution < -0.4 is 4.90 Å². The average molecular weight is 269 g/mol. The van der Waals surface area contributed by atoms with Gasteiger partial charge in [0.05, 0.1) is 0 Å². The van der Waals surface area contributed by atoms with E-state index >= 15 is 0 Å². The second kappa shape index (κ2) is 4.23. The Morgan fingerprint density at radius 3 is 2.65 bits per heavy atom. The quantitative estimate of drug-likeness (QED) is 0.908. The molecule has 1 atom stereocenters. The van der Waals surface area contributed by atoms with E-state index in [1.165, 1.54) is 16.3 Å². The van der Waals surface area contributed by atoms with E-state index in [0.717, 1.165) is 5.69 Å². The highest BCUT2D eigenvalue weighted by Crippen LogP contribution is 2.48. The minimum atomic E-state index is -0.784. The Morgan fingerprint density at radius 1 is 1.25 bits per heavy atom. The van der Waals surface area contributed by atoms with Crippen LogP contribution in [0.25, 0.3) is 10.8 Å². The minimum Gasteiger partial charge on any atom is -0.480 e. The molecule has 0 radical (unpaired) electrons. The number of aliphatic carboxylic acids is 1. The van der Waals surface area contributed by atoms with E-state index < -0.39 is 5.97 Å². The number of carbonyl (C=O) groups is 1. The van der Waals surface area contributed by atoms with Crippen molar-refractivity contribution in [1.82, 2.24) is 0 Å². The van der Waals surface area contributed by atoms with Crippen molar-refractivity contribution in [3.05, 3.63) is 42.0 Å². The summed E-state index contributed by atoms with van der Waals surface area (Å²) in [6.45, 7) is 6.56. The Bertz CT molecular complexity index is 690. The van der Waals surface area contributed by atoms with Gasteiger partial charge in [0.1, 0.15) is 6.54 Å². The maximum absolute atomic E-state index is 11.1. The van der Waals surface area contributed by atoms with Crippen LogP contribution in [-0.4, -0.2) is 23.7 Å². The molecule has 1 heterocycles. The predicted molar refractivity (Wildman–Crippen MR) is 81.4 cm³/mol. The number of carboxylic acids is 1. The van der Waals surface area contributed by atoms with Gasteiger partial charge in [0, 0.05) is 17.1 Å². The van der Waals surface area contributed by atoms with Gasteiger partial charge in [-0.2, -0.15) is 0 Å². The van der Waals surface area contributed by atoms with Crippen LogP contribution in [0.3, 0.4) is 0 Å². The van der Waals surface area contributed by atoms with Crippen molar-refractivity contribution in [3.63, 3.8) is 0 Å². The van der Waals surface area contributed by atoms with Gasteiger partial charge in [-0.15, -0.1) is 0 Å². The molecule has 0 fully saturated rings. The summed E-state index contributed by atoms with van der Waals surface area (Å²) in [5.41, 5.74) is 2.26. The van der Waals surface area contributed by atoms with E-state index in [2.05, 4.69) is 45.0 Å². The van der Waals surface area contributed by atoms with E-state index in [0.29, 0.717) is 0 Å². The van der Waals surface area contributed by atoms with Gasteiger partial charge in [-0.25, -0.2) is 0 Å². The lowest BCUT2D eigenvalue weighted by Crippen LogP contribution is -2.41. The highest BCUT2D eigenvalue weighted by molar-refractivity contribution is 5.94. The van der Waals surface area contributed by atoms with E-state index in [-0.39, 0.29) is 18.0 Å². The summed E-state index contributed by atoms with van der Waals surface area (Å²) in [6, 6.07) is 12.6. The summed E-state index contributed by atoms with van der Waals surface area (Å²) < 4.78 is 0. The molecule has 0 bridgehead atoms. The Balaban J connectivity index is 2.27. The number of nitrogens with zero attached hydrogens (tertiary/aromatic N) is 1. The molecule has 20 heavy (non-hydrogen) atoms. The van der Waals surface area contributed by atoms with Crippen molar-refractivity contribution in [1.29, 1.82) is 0 Å². The number of hydrogen-bond acceptors (Lipinski definition) is 2. The van der Waals surface area contributed by atoms with Gasteiger partial charge in [-0.05, 0) is 29.3 Å². The third kappa shape index (κ3) is 1.69. The molecule has 3 nitrogen and oxygen atoms in total. The smallest absolute Gasteiger partial charge is 0.323 e. The number of anilines is 1. The lowest BCUT2D eigenvalue weighted by molar-refractivity contribution is -0.135. The highest BCUT2D eigenvalue weighted by Gasteiger charge is 2.43. The van der Waals surface area contributed by atoms with E-state index in [4.69, 9.17) is 5.11 Å². The van der Waals surface area contributed by atoms with Crippen molar-refractivity contribution in [3.8, 4) is 0 Å². The van der Waals surface area contributed by atoms with E-state index in [9.17, 15) is 4.79 Å². The first-order valence-corrected chi connectivity index (χ1v) is 6.93. The third-order valence-corrected chi connectivity index (χ3v) is 4.68. The number of carboxylic acid groups (broad SMARTS) is 1. The fourth-order valence-corrected chi connectivity index (χ4v) is 3.35. The number of hydrogen-bond donors (Lipinski definition) is 1. The number of fused-ring (bicyclic) bond motifs is 3. The molecule has 0 spiro atoms. The first-order valence-electron chi connectivity index (χ1n) is 6.93. The van der Waals surface area contributed by atoms with Crippen LogP contribution in [0.15, 0.2) is 36.4 Å². The standard InChI is InChI=1S/C17H19NO2/c1-11-17(2,3)16-13-7-5-4-6-12(13)8-9-14(16)18(11)10-15(19)20/h4-9,11H,10H2,1-3H3,(H,19,20). The fraction of sp³-hybridized carbons (Fsp3) is 0.353. The zero-order valence-corrected chi connectivity index (χ0v) is 12.1. The summed E-state index contributed by atoms with van der Waals surface area (Å²) in [5, 5.41) is 11.6. The fourth-order valence-electron chi connectivity index (χ4n) is 3.35. The van der Waals surface area contributed by atoms with Gasteiger partial charge >= 0.3 is 5.97 Å². The molecular weight excluding hydrogens is 250 g/mol. The molecule has 3 rings (SSSR count). The van der Waals surface area contributed by atoms with Gasteiger partial charge < -0.3 is 10.0 Å². The number of rotatable bonds is 2. The molecule has 0 saturated carbocycles. The minimum absolute atomic E-state index is 0.0515. The van der Waals surface area contributed by atoms with Gasteiger partial charge in [0.25, 0.3) is 0 Å². The molecule has 3 heteroatoms. The molecular formula is C17H19NO2. The molecule has 0 aromatic heterocycles. The molecule has 0 saturated heterocycles. The van der Waals surface area contributed by atoms with E-state index in [1.807, 2.05) is 17.0 Å². The van der Waals surface area contributed by atoms with Gasteiger partial charge in [-0.1, -0.05) is 44.2 Å². The Kier molecular flexibility index (Phi) is 2.75. The maximum atomic E-state index is 11.1. The van der Waals surface area contributed by atoms with Crippen LogP contribution in [0.1, 0.15) is 26.3 Å². The van der Waals surface area contributed by atoms with Crippen molar-refractivity contribution in [2.24, 2.45) is 0 Å². The summed E-state index contributed by atoms with van der Waals surface area (Å²) >= 11 is 0. The molecule has 2 aromatic rings. The second-order valence-corrected chi connectivity index (χ2v) is 6.10. The third-order valence-electron chi connectivity index (χ3n) is 4.68. The van der Waals surface area contributed by atoms with Crippen molar-refractivity contribution < 1.29 is 9.90 Å². The van der Waals surface area contributed by atoms with Crippen LogP contribution in [0.5, 0.6) is 0 Å². The molecule has 0 aliphatic carbocycles. The Hall–Kier alpha value is -2.03. The van der Waals surface area contributed by atoms with Crippen molar-refractivity contribution in [2.45, 2.75) is 32.2 Å². The SMILES string of the molecule is CC1N(CC(=O)O)c2ccc3ccccc3c2C1(C)C. The molecule has 2 aromatic carbocycles.